The van der Waals surface area contributed by atoms with E-state index in [2.05, 4.69) is 58.1 Å². The fourth-order valence-corrected chi connectivity index (χ4v) is 3.80. The first-order chi connectivity index (χ1) is 10.3. The second-order valence-electron chi connectivity index (χ2n) is 5.81. The lowest BCUT2D eigenvalue weighted by Gasteiger charge is -2.20. The van der Waals surface area contributed by atoms with Gasteiger partial charge < -0.3 is 10.6 Å². The Labute approximate surface area is 131 Å². The Morgan fingerprint density at radius 3 is 2.57 bits per heavy atom. The zero-order chi connectivity index (χ0) is 14.5. The Morgan fingerprint density at radius 2 is 1.95 bits per heavy atom. The van der Waals surface area contributed by atoms with Crippen molar-refractivity contribution in [3.05, 3.63) is 42.5 Å². The van der Waals surface area contributed by atoms with Crippen LogP contribution in [0.25, 0.3) is 0 Å². The van der Waals surface area contributed by atoms with E-state index >= 15 is 0 Å². The summed E-state index contributed by atoms with van der Waals surface area (Å²) in [5.41, 5.74) is 0. The molecule has 2 N–H and O–H groups in total. The van der Waals surface area contributed by atoms with E-state index < -0.39 is 0 Å². The minimum absolute atomic E-state index is 0.354. The first kappa shape index (κ1) is 14.5. The van der Waals surface area contributed by atoms with Crippen LogP contribution in [0.3, 0.4) is 0 Å². The molecule has 2 aliphatic carbocycles. The number of nitrogens with zero attached hydrogens (tertiary/aromatic N) is 1. The van der Waals surface area contributed by atoms with Gasteiger partial charge in [-0.2, -0.15) is 0 Å². The molecule has 3 rings (SSSR count). The lowest BCUT2D eigenvalue weighted by molar-refractivity contribution is 0.630. The summed E-state index contributed by atoms with van der Waals surface area (Å²) < 4.78 is 0.354. The van der Waals surface area contributed by atoms with Crippen LogP contribution in [0.4, 0.5) is 0 Å². The number of guanidine groups is 1. The summed E-state index contributed by atoms with van der Waals surface area (Å²) in [6.45, 7) is 0.979. The second kappa shape index (κ2) is 6.56. The number of nitrogens with one attached hydrogen (secondary N) is 2. The highest BCUT2D eigenvalue weighted by Crippen LogP contribution is 2.51. The summed E-state index contributed by atoms with van der Waals surface area (Å²) >= 11 is 1.99. The van der Waals surface area contributed by atoms with Crippen LogP contribution < -0.4 is 10.6 Å². The molecule has 0 bridgehead atoms. The number of rotatable bonds is 5. The maximum atomic E-state index is 4.35. The van der Waals surface area contributed by atoms with Crippen molar-refractivity contribution in [1.82, 2.24) is 10.6 Å². The molecule has 1 fully saturated rings. The van der Waals surface area contributed by atoms with Crippen LogP contribution in [-0.4, -0.2) is 30.3 Å². The van der Waals surface area contributed by atoms with Crippen LogP contribution in [0.5, 0.6) is 0 Å². The van der Waals surface area contributed by atoms with Gasteiger partial charge in [-0.05, 0) is 37.8 Å². The molecule has 0 heterocycles. The van der Waals surface area contributed by atoms with E-state index in [4.69, 9.17) is 0 Å². The van der Waals surface area contributed by atoms with E-state index in [9.17, 15) is 0 Å². The van der Waals surface area contributed by atoms with Crippen LogP contribution >= 0.6 is 11.8 Å². The van der Waals surface area contributed by atoms with Crippen LogP contribution in [0.15, 0.2) is 52.4 Å². The highest BCUT2D eigenvalue weighted by Gasteiger charge is 2.43. The third kappa shape index (κ3) is 4.03. The van der Waals surface area contributed by atoms with Crippen LogP contribution in [0.2, 0.25) is 0 Å². The van der Waals surface area contributed by atoms with Crippen molar-refractivity contribution in [2.45, 2.75) is 41.4 Å². The fraction of sp³-hybridized carbons (Fsp3) is 0.471. The van der Waals surface area contributed by atoms with Gasteiger partial charge in [0.15, 0.2) is 5.96 Å². The minimum Gasteiger partial charge on any atom is -0.355 e. The lowest BCUT2D eigenvalue weighted by Crippen LogP contribution is -2.45. The average Bonchev–Trinajstić information content (AvgIpc) is 3.08. The SMILES string of the molecule is CN=C(NCC1(Sc2ccccc2)CC1)NC1CC=CC1. The predicted molar refractivity (Wildman–Crippen MR) is 90.9 cm³/mol. The summed E-state index contributed by atoms with van der Waals surface area (Å²) in [7, 11) is 1.85. The molecule has 1 aromatic rings. The number of hydrogen-bond acceptors (Lipinski definition) is 2. The molecule has 0 radical (unpaired) electrons. The second-order valence-corrected chi connectivity index (χ2v) is 7.35. The number of aliphatic imine (C=N–C) groups is 1. The molecule has 0 aromatic heterocycles. The maximum absolute atomic E-state index is 4.35. The van der Waals surface area contributed by atoms with Gasteiger partial charge >= 0.3 is 0 Å². The van der Waals surface area contributed by atoms with Crippen LogP contribution in [0.1, 0.15) is 25.7 Å². The molecule has 4 heteroatoms. The smallest absolute Gasteiger partial charge is 0.191 e. The van der Waals surface area contributed by atoms with E-state index in [1.807, 2.05) is 18.8 Å². The van der Waals surface area contributed by atoms with Crippen molar-refractivity contribution in [3.63, 3.8) is 0 Å². The maximum Gasteiger partial charge on any atom is 0.191 e. The van der Waals surface area contributed by atoms with E-state index in [0.717, 1.165) is 25.3 Å². The molecular weight excluding hydrogens is 278 g/mol. The van der Waals surface area contributed by atoms with Crippen molar-refractivity contribution < 1.29 is 0 Å². The highest BCUT2D eigenvalue weighted by atomic mass is 32.2. The van der Waals surface area contributed by atoms with Gasteiger partial charge in [-0.15, -0.1) is 11.8 Å². The quantitative estimate of drug-likeness (QED) is 0.498. The van der Waals surface area contributed by atoms with E-state index in [-0.39, 0.29) is 0 Å². The van der Waals surface area contributed by atoms with Gasteiger partial charge in [-0.1, -0.05) is 30.4 Å². The van der Waals surface area contributed by atoms with Crippen molar-refractivity contribution in [2.75, 3.05) is 13.6 Å². The summed E-state index contributed by atoms with van der Waals surface area (Å²) in [5.74, 6) is 0.934. The van der Waals surface area contributed by atoms with Crippen LogP contribution in [0, 0.1) is 0 Å². The predicted octanol–water partition coefficient (Wildman–Crippen LogP) is 3.19. The molecule has 2 aliphatic rings. The molecule has 0 atom stereocenters. The first-order valence-corrected chi connectivity index (χ1v) is 8.48. The molecule has 0 unspecified atom stereocenters. The first-order valence-electron chi connectivity index (χ1n) is 7.66. The monoisotopic (exact) mass is 301 g/mol. The molecule has 21 heavy (non-hydrogen) atoms. The van der Waals surface area contributed by atoms with Crippen molar-refractivity contribution in [3.8, 4) is 0 Å². The molecule has 3 nitrogen and oxygen atoms in total. The van der Waals surface area contributed by atoms with Gasteiger partial charge in [0.2, 0.25) is 0 Å². The highest BCUT2D eigenvalue weighted by molar-refractivity contribution is 8.01. The Hall–Kier alpha value is -1.42. The molecule has 1 saturated carbocycles. The Bertz CT molecular complexity index is 512. The van der Waals surface area contributed by atoms with Gasteiger partial charge in [0.1, 0.15) is 0 Å². The van der Waals surface area contributed by atoms with Gasteiger partial charge in [0, 0.05) is 29.3 Å². The molecule has 0 aliphatic heterocycles. The number of hydrogen-bond donors (Lipinski definition) is 2. The summed E-state index contributed by atoms with van der Waals surface area (Å²) in [4.78, 5) is 5.71. The summed E-state index contributed by atoms with van der Waals surface area (Å²) in [6, 6.07) is 11.2. The molecule has 0 spiro atoms. The minimum atomic E-state index is 0.354. The lowest BCUT2D eigenvalue weighted by atomic mass is 10.2. The molecule has 0 amide bonds. The third-order valence-electron chi connectivity index (χ3n) is 4.04. The van der Waals surface area contributed by atoms with E-state index in [0.29, 0.717) is 10.8 Å². The molecule has 112 valence electrons. The average molecular weight is 301 g/mol. The van der Waals surface area contributed by atoms with Crippen molar-refractivity contribution in [1.29, 1.82) is 0 Å². The van der Waals surface area contributed by atoms with E-state index in [1.54, 1.807) is 0 Å². The Balaban J connectivity index is 1.49. The summed E-state index contributed by atoms with van der Waals surface area (Å²) in [6.07, 6.45) is 9.23. The van der Waals surface area contributed by atoms with Gasteiger partial charge in [0.05, 0.1) is 0 Å². The van der Waals surface area contributed by atoms with Gasteiger partial charge in [-0.3, -0.25) is 4.99 Å². The van der Waals surface area contributed by atoms with Gasteiger partial charge in [-0.25, -0.2) is 0 Å². The summed E-state index contributed by atoms with van der Waals surface area (Å²) in [5, 5.41) is 7.01. The zero-order valence-electron chi connectivity index (χ0n) is 12.5. The third-order valence-corrected chi connectivity index (χ3v) is 5.53. The fourth-order valence-electron chi connectivity index (χ4n) is 2.56. The van der Waals surface area contributed by atoms with E-state index in [1.165, 1.54) is 17.7 Å². The van der Waals surface area contributed by atoms with Crippen molar-refractivity contribution >= 4 is 17.7 Å². The normalized spacial score (nSPS) is 20.5. The standard InChI is InChI=1S/C17H23N3S/c1-18-16(20-14-7-5-6-8-14)19-13-17(11-12-17)21-15-9-3-2-4-10-15/h2-6,9-10,14H,7-8,11-13H2,1H3,(H2,18,19,20). The molecule has 0 saturated heterocycles. The topological polar surface area (TPSA) is 36.4 Å². The zero-order valence-corrected chi connectivity index (χ0v) is 13.3. The molecular formula is C17H23N3S. The van der Waals surface area contributed by atoms with Crippen molar-refractivity contribution in [2.24, 2.45) is 4.99 Å². The van der Waals surface area contributed by atoms with Crippen LogP contribution in [-0.2, 0) is 0 Å². The van der Waals surface area contributed by atoms with Gasteiger partial charge in [0.25, 0.3) is 0 Å². The Kier molecular flexibility index (Phi) is 4.54. The molecule has 1 aromatic carbocycles. The number of thioether (sulfide) groups is 1. The number of benzene rings is 1. The Morgan fingerprint density at radius 1 is 1.24 bits per heavy atom. The largest absolute Gasteiger partial charge is 0.355 e.